The molecule has 0 radical (unpaired) electrons. The summed E-state index contributed by atoms with van der Waals surface area (Å²) in [5.41, 5.74) is 3.58. The Labute approximate surface area is 429 Å². The Balaban J connectivity index is 0.805. The summed E-state index contributed by atoms with van der Waals surface area (Å²) in [4.78, 5) is 65.4. The van der Waals surface area contributed by atoms with E-state index in [1.165, 1.54) is 30.5 Å². The Hall–Kier alpha value is -8.01. The van der Waals surface area contributed by atoms with Crippen LogP contribution in [0.5, 0.6) is 17.5 Å². The highest BCUT2D eigenvalue weighted by Crippen LogP contribution is 2.43. The average Bonchev–Trinajstić information content (AvgIpc) is 4.12. The molecule has 2 unspecified atom stereocenters. The van der Waals surface area contributed by atoms with Gasteiger partial charge in [0, 0.05) is 64.9 Å². The molecule has 5 aliphatic heterocycles. The number of benzene rings is 3. The number of pyridine rings is 3. The Kier molecular flexibility index (Phi) is 11.6. The molecule has 3 fully saturated rings. The number of terminal acetylenes is 1. The minimum Gasteiger partial charge on any atom is -0.508 e. The predicted molar refractivity (Wildman–Crippen MR) is 275 cm³/mol. The fraction of sp³-hybridized carbons (Fsp3) is 0.351. The predicted octanol–water partition coefficient (Wildman–Crippen LogP) is 7.27. The average molecular weight is 1020 g/mol. The number of carbonyl (C=O) groups excluding carboxylic acids is 2. The number of phenolic OH excluding ortho intramolecular Hbond substituents is 1. The molecule has 7 aromatic rings. The molecule has 3 aromatic carbocycles. The first kappa shape index (κ1) is 48.0. The number of halogens is 2. The van der Waals surface area contributed by atoms with Gasteiger partial charge in [0.25, 0.3) is 11.5 Å². The van der Waals surface area contributed by atoms with Crippen LogP contribution in [0.1, 0.15) is 80.4 Å². The Morgan fingerprint density at radius 3 is 2.57 bits per heavy atom. The van der Waals surface area contributed by atoms with Gasteiger partial charge in [-0.05, 0) is 112 Å². The molecule has 75 heavy (non-hydrogen) atoms. The Morgan fingerprint density at radius 1 is 1.01 bits per heavy atom. The number of nitrogens with zero attached hydrogens (tertiary/aromatic N) is 8. The van der Waals surface area contributed by atoms with E-state index in [2.05, 4.69) is 27.4 Å². The minimum absolute atomic E-state index is 0.0169. The van der Waals surface area contributed by atoms with E-state index >= 15 is 8.78 Å². The molecule has 0 bridgehead atoms. The van der Waals surface area contributed by atoms with Crippen LogP contribution in [0.2, 0.25) is 0 Å². The van der Waals surface area contributed by atoms with E-state index in [1.54, 1.807) is 28.5 Å². The van der Waals surface area contributed by atoms with Crippen molar-refractivity contribution in [3.8, 4) is 52.5 Å². The minimum atomic E-state index is -1.55. The largest absolute Gasteiger partial charge is 0.508 e. The van der Waals surface area contributed by atoms with Crippen LogP contribution in [0.3, 0.4) is 0 Å². The number of amides is 1. The SMILES string of the molecule is C#Cc1c(F)ccc2cc(O)cc(-c3ncc4c(N5CCN(C(=O)C(=C)C(C)Oc6ccc7nc8c(c(CC)c7c6)Cn6c-8cc7c(c6=O)COC(=O)C7O)C[C@@H]5C)nc(OCC56CCCN5CCC6)nc4c3F)c12. The van der Waals surface area contributed by atoms with Gasteiger partial charge in [-0.25, -0.2) is 18.6 Å². The summed E-state index contributed by atoms with van der Waals surface area (Å²) in [5.74, 6) is 0.471. The number of aliphatic hydroxyl groups excluding tert-OH is 1. The third kappa shape index (κ3) is 7.73. The van der Waals surface area contributed by atoms with Crippen LogP contribution in [0, 0.1) is 24.0 Å². The molecule has 16 nitrogen and oxygen atoms in total. The summed E-state index contributed by atoms with van der Waals surface area (Å²) in [6.07, 6.45) is 9.61. The van der Waals surface area contributed by atoms with Crippen LogP contribution in [-0.4, -0.2) is 113 Å². The highest BCUT2D eigenvalue weighted by atomic mass is 19.1. The summed E-state index contributed by atoms with van der Waals surface area (Å²) in [7, 11) is 0. The number of ether oxygens (including phenoxy) is 3. The first-order valence-electron chi connectivity index (χ1n) is 25.3. The number of cyclic esters (lactones) is 1. The van der Waals surface area contributed by atoms with E-state index in [0.717, 1.165) is 55.3 Å². The van der Waals surface area contributed by atoms with E-state index in [1.807, 2.05) is 30.9 Å². The summed E-state index contributed by atoms with van der Waals surface area (Å²) < 4.78 is 52.0. The van der Waals surface area contributed by atoms with Crippen LogP contribution in [-0.2, 0) is 33.9 Å². The van der Waals surface area contributed by atoms with Gasteiger partial charge in [-0.15, -0.1) is 6.42 Å². The van der Waals surface area contributed by atoms with Crippen molar-refractivity contribution in [1.29, 1.82) is 0 Å². The molecule has 2 N–H and O–H groups in total. The lowest BCUT2D eigenvalue weighted by atomic mass is 9.95. The monoisotopic (exact) mass is 1010 g/mol. The number of aryl methyl sites for hydroxylation is 1. The number of carbonyl (C=O) groups is 2. The quantitative estimate of drug-likeness (QED) is 0.0792. The van der Waals surface area contributed by atoms with Crippen molar-refractivity contribution in [2.75, 3.05) is 44.2 Å². The standard InChI is InChI=1S/C57H52F2N8O8/c1-6-35-37-22-34(11-13-44(37)61-48-41(35)26-67-45(48)23-38-42(54(67)71)27-73-55(72)51(38)69)75-31(5)30(4)53(70)64-18-19-66(29(3)25-64)52-40-24-60-49(39-21-33(68)20-32-10-12-43(58)36(7-2)46(32)39)47(59)50(40)62-56(63-52)74-28-57-14-8-16-65(57)17-9-15-57/h2,10-13,20-24,29,31,51,68-69H,4,6,8-9,14-19,25-28H2,1,3,5H3/t29-,31?,51?/m0/s1. The van der Waals surface area contributed by atoms with E-state index in [4.69, 9.17) is 30.6 Å². The van der Waals surface area contributed by atoms with Crippen molar-refractivity contribution in [3.63, 3.8) is 0 Å². The molecular weight excluding hydrogens is 963 g/mol. The van der Waals surface area contributed by atoms with Crippen molar-refractivity contribution >= 4 is 50.3 Å². The number of aliphatic hydroxyl groups is 1. The van der Waals surface area contributed by atoms with Gasteiger partial charge < -0.3 is 38.8 Å². The number of piperazine rings is 1. The molecule has 0 saturated carbocycles. The number of fused-ring (bicyclic) bond motifs is 8. The summed E-state index contributed by atoms with van der Waals surface area (Å²) >= 11 is 0. The number of hydrogen-bond acceptors (Lipinski definition) is 14. The van der Waals surface area contributed by atoms with Gasteiger partial charge in [-0.2, -0.15) is 9.97 Å². The van der Waals surface area contributed by atoms with Gasteiger partial charge in [0.15, 0.2) is 11.9 Å². The molecule has 12 rings (SSSR count). The molecular formula is C57H52F2N8O8. The van der Waals surface area contributed by atoms with Gasteiger partial charge in [0.1, 0.15) is 53.7 Å². The number of phenols is 1. The molecule has 3 saturated heterocycles. The van der Waals surface area contributed by atoms with Crippen molar-refractivity contribution in [2.24, 2.45) is 0 Å². The van der Waals surface area contributed by atoms with E-state index in [-0.39, 0.29) is 105 Å². The second kappa shape index (κ2) is 18.1. The lowest BCUT2D eigenvalue weighted by Gasteiger charge is -2.41. The molecule has 3 atom stereocenters. The van der Waals surface area contributed by atoms with Crippen LogP contribution in [0.15, 0.2) is 71.7 Å². The summed E-state index contributed by atoms with van der Waals surface area (Å²) in [6, 6.07) is 12.2. The molecule has 382 valence electrons. The topological polar surface area (TPSA) is 186 Å². The molecule has 0 aliphatic carbocycles. The van der Waals surface area contributed by atoms with Gasteiger partial charge in [-0.3, -0.25) is 19.5 Å². The number of aromatic hydroxyl groups is 1. The Morgan fingerprint density at radius 2 is 1.81 bits per heavy atom. The van der Waals surface area contributed by atoms with Crippen molar-refractivity contribution in [3.05, 3.63) is 117 Å². The van der Waals surface area contributed by atoms with E-state index < -0.39 is 29.8 Å². The smallest absolute Gasteiger partial charge is 0.340 e. The van der Waals surface area contributed by atoms with Gasteiger partial charge >= 0.3 is 12.0 Å². The highest BCUT2D eigenvalue weighted by Gasteiger charge is 2.45. The maximum Gasteiger partial charge on any atom is 0.340 e. The number of hydrogen-bond donors (Lipinski definition) is 2. The first-order chi connectivity index (χ1) is 36.2. The molecule has 9 heterocycles. The maximum atomic E-state index is 17.3. The molecule has 4 aromatic heterocycles. The normalized spacial score (nSPS) is 19.1. The zero-order chi connectivity index (χ0) is 52.2. The number of rotatable bonds is 10. The van der Waals surface area contributed by atoms with Crippen molar-refractivity contribution in [2.45, 2.75) is 89.8 Å². The van der Waals surface area contributed by atoms with Gasteiger partial charge in [0.2, 0.25) is 0 Å². The molecule has 0 spiro atoms. The Bertz CT molecular complexity index is 3730. The van der Waals surface area contributed by atoms with E-state index in [9.17, 15) is 24.6 Å². The summed E-state index contributed by atoms with van der Waals surface area (Å²) in [5, 5.41) is 23.1. The van der Waals surface area contributed by atoms with Crippen LogP contribution >= 0.6 is 0 Å². The van der Waals surface area contributed by atoms with Crippen molar-refractivity contribution in [1.82, 2.24) is 34.3 Å². The van der Waals surface area contributed by atoms with Crippen LogP contribution in [0.25, 0.3) is 55.2 Å². The third-order valence-electron chi connectivity index (χ3n) is 16.0. The maximum absolute atomic E-state index is 17.3. The fourth-order valence-electron chi connectivity index (χ4n) is 12.2. The summed E-state index contributed by atoms with van der Waals surface area (Å²) in [6.45, 7) is 13.1. The van der Waals surface area contributed by atoms with Crippen LogP contribution < -0.4 is 19.9 Å². The zero-order valence-electron chi connectivity index (χ0n) is 41.6. The van der Waals surface area contributed by atoms with Crippen molar-refractivity contribution < 1.29 is 42.8 Å². The lowest BCUT2D eigenvalue weighted by Crippen LogP contribution is -2.55. The second-order valence-corrected chi connectivity index (χ2v) is 20.3. The second-order valence-electron chi connectivity index (χ2n) is 20.3. The molecule has 5 aliphatic rings. The first-order valence-corrected chi connectivity index (χ1v) is 25.3. The van der Waals surface area contributed by atoms with Gasteiger partial charge in [0.05, 0.1) is 45.5 Å². The number of anilines is 1. The van der Waals surface area contributed by atoms with Crippen LogP contribution in [0.4, 0.5) is 14.6 Å². The third-order valence-corrected chi connectivity index (χ3v) is 16.0. The zero-order valence-corrected chi connectivity index (χ0v) is 41.6. The fourth-order valence-corrected chi connectivity index (χ4v) is 12.2. The van der Waals surface area contributed by atoms with Gasteiger partial charge in [-0.1, -0.05) is 25.5 Å². The lowest BCUT2D eigenvalue weighted by molar-refractivity contribution is -0.157. The number of aromatic nitrogens is 5. The van der Waals surface area contributed by atoms with E-state index in [0.29, 0.717) is 58.8 Å². The molecule has 18 heteroatoms. The molecule has 1 amide bonds. The highest BCUT2D eigenvalue weighted by molar-refractivity contribution is 6.03. The number of esters is 1.